The fourth-order valence-corrected chi connectivity index (χ4v) is 5.11. The van der Waals surface area contributed by atoms with Crippen molar-refractivity contribution in [3.8, 4) is 11.1 Å². The Morgan fingerprint density at radius 3 is 2.51 bits per heavy atom. The highest BCUT2D eigenvalue weighted by Gasteiger charge is 2.36. The molecule has 2 aromatic heterocycles. The SMILES string of the molecule is Cc1ccccc1C.O=C1NCC2CN(c3ncc(-c4ccc5nc6n(c5c4)CCOC6)cn3)CCN12. The molecule has 2 aromatic carbocycles. The lowest BCUT2D eigenvalue weighted by atomic mass is 10.1. The van der Waals surface area contributed by atoms with Gasteiger partial charge in [0.05, 0.1) is 23.7 Å². The number of nitrogens with zero attached hydrogens (tertiary/aromatic N) is 6. The first-order valence-electron chi connectivity index (χ1n) is 12.8. The fourth-order valence-electron chi connectivity index (χ4n) is 5.11. The second kappa shape index (κ2) is 9.82. The Labute approximate surface area is 216 Å². The number of aromatic nitrogens is 4. The van der Waals surface area contributed by atoms with Crippen LogP contribution in [0.4, 0.5) is 10.7 Å². The highest BCUT2D eigenvalue weighted by molar-refractivity contribution is 5.82. The van der Waals surface area contributed by atoms with E-state index >= 15 is 0 Å². The third-order valence-corrected chi connectivity index (χ3v) is 7.43. The van der Waals surface area contributed by atoms with Gasteiger partial charge in [-0.15, -0.1) is 0 Å². The standard InChI is InChI=1S/C20H21N7O2.C8H10/c28-20-23-10-15-11-25(3-4-26(15)20)19-21-8-14(9-22-19)13-1-2-16-17(7-13)27-5-6-29-12-18(27)24-16;1-7-5-3-4-6-8(7)2/h1-2,7-9,15H,3-6,10-12H2,(H,23,28);3-6H,1-2H3. The smallest absolute Gasteiger partial charge is 0.317 e. The summed E-state index contributed by atoms with van der Waals surface area (Å²) in [6.07, 6.45) is 3.76. The molecule has 4 aromatic rings. The molecule has 1 atom stereocenters. The van der Waals surface area contributed by atoms with Crippen LogP contribution in [-0.2, 0) is 17.9 Å². The molecule has 0 aliphatic carbocycles. The fraction of sp³-hybridized carbons (Fsp3) is 0.357. The second-order valence-electron chi connectivity index (χ2n) is 9.77. The second-order valence-corrected chi connectivity index (χ2v) is 9.77. The van der Waals surface area contributed by atoms with Crippen molar-refractivity contribution in [2.24, 2.45) is 0 Å². The third kappa shape index (κ3) is 4.62. The zero-order chi connectivity index (χ0) is 25.4. The first kappa shape index (κ1) is 23.4. The van der Waals surface area contributed by atoms with E-state index < -0.39 is 0 Å². The molecule has 0 saturated carbocycles. The highest BCUT2D eigenvalue weighted by Crippen LogP contribution is 2.27. The Morgan fingerprint density at radius 1 is 0.973 bits per heavy atom. The van der Waals surface area contributed by atoms with Crippen molar-refractivity contribution in [1.82, 2.24) is 29.7 Å². The Morgan fingerprint density at radius 2 is 1.76 bits per heavy atom. The van der Waals surface area contributed by atoms with Crippen LogP contribution >= 0.6 is 0 Å². The van der Waals surface area contributed by atoms with Crippen LogP contribution in [0.2, 0.25) is 0 Å². The van der Waals surface area contributed by atoms with Gasteiger partial charge in [-0.05, 0) is 42.7 Å². The van der Waals surface area contributed by atoms with Crippen LogP contribution in [0, 0.1) is 13.8 Å². The van der Waals surface area contributed by atoms with E-state index in [-0.39, 0.29) is 12.1 Å². The molecule has 3 aliphatic heterocycles. The largest absolute Gasteiger partial charge is 0.372 e. The van der Waals surface area contributed by atoms with Crippen LogP contribution in [-0.4, -0.2) is 69.3 Å². The van der Waals surface area contributed by atoms with Crippen molar-refractivity contribution < 1.29 is 9.53 Å². The summed E-state index contributed by atoms with van der Waals surface area (Å²) >= 11 is 0. The van der Waals surface area contributed by atoms with Gasteiger partial charge in [-0.3, -0.25) is 0 Å². The molecular formula is C28H31N7O2. The summed E-state index contributed by atoms with van der Waals surface area (Å²) in [6.45, 7) is 9.25. The van der Waals surface area contributed by atoms with Crippen molar-refractivity contribution in [3.05, 3.63) is 71.8 Å². The number of aryl methyl sites for hydroxylation is 2. The lowest BCUT2D eigenvalue weighted by molar-refractivity contribution is 0.0830. The molecule has 37 heavy (non-hydrogen) atoms. The summed E-state index contributed by atoms with van der Waals surface area (Å²) in [5, 5.41) is 2.90. The summed E-state index contributed by atoms with van der Waals surface area (Å²) in [5.74, 6) is 1.70. The van der Waals surface area contributed by atoms with Gasteiger partial charge in [0.2, 0.25) is 5.95 Å². The van der Waals surface area contributed by atoms with E-state index in [1.54, 1.807) is 0 Å². The number of imidazole rings is 1. The van der Waals surface area contributed by atoms with Gasteiger partial charge in [-0.25, -0.2) is 19.7 Å². The number of anilines is 1. The maximum atomic E-state index is 11.8. The van der Waals surface area contributed by atoms with Gasteiger partial charge in [0, 0.05) is 50.7 Å². The first-order chi connectivity index (χ1) is 18.1. The normalized spacial score (nSPS) is 18.6. The number of ether oxygens (including phenoxy) is 1. The van der Waals surface area contributed by atoms with Gasteiger partial charge in [0.25, 0.3) is 0 Å². The Balaban J connectivity index is 0.000000272. The molecular weight excluding hydrogens is 466 g/mol. The van der Waals surface area contributed by atoms with Gasteiger partial charge in [0.1, 0.15) is 12.4 Å². The van der Waals surface area contributed by atoms with Crippen molar-refractivity contribution in [1.29, 1.82) is 0 Å². The number of carbonyl (C=O) groups is 1. The number of amides is 2. The quantitative estimate of drug-likeness (QED) is 0.456. The van der Waals surface area contributed by atoms with Crippen LogP contribution in [0.3, 0.4) is 0 Å². The van der Waals surface area contributed by atoms with Gasteiger partial charge >= 0.3 is 6.03 Å². The predicted molar refractivity (Wildman–Crippen MR) is 142 cm³/mol. The minimum absolute atomic E-state index is 0.0370. The molecule has 0 spiro atoms. The summed E-state index contributed by atoms with van der Waals surface area (Å²) < 4.78 is 7.74. The zero-order valence-corrected chi connectivity index (χ0v) is 21.2. The molecule has 0 bridgehead atoms. The Bertz CT molecular complexity index is 1410. The van der Waals surface area contributed by atoms with Crippen LogP contribution < -0.4 is 10.2 Å². The van der Waals surface area contributed by atoms with E-state index in [1.807, 2.05) is 23.4 Å². The first-order valence-corrected chi connectivity index (χ1v) is 12.8. The molecule has 3 aliphatic rings. The van der Waals surface area contributed by atoms with E-state index in [0.717, 1.165) is 54.2 Å². The predicted octanol–water partition coefficient (Wildman–Crippen LogP) is 3.54. The van der Waals surface area contributed by atoms with Gasteiger partial charge in [0.15, 0.2) is 0 Å². The lowest BCUT2D eigenvalue weighted by Gasteiger charge is -2.36. The van der Waals surface area contributed by atoms with E-state index in [4.69, 9.17) is 4.74 Å². The summed E-state index contributed by atoms with van der Waals surface area (Å²) in [5.41, 5.74) is 6.91. The average Bonchev–Trinajstić information content (AvgIpc) is 3.50. The number of benzene rings is 2. The van der Waals surface area contributed by atoms with Crippen molar-refractivity contribution in [2.75, 3.05) is 37.7 Å². The number of fused-ring (bicyclic) bond motifs is 4. The Hall–Kier alpha value is -3.98. The maximum Gasteiger partial charge on any atom is 0.317 e. The monoisotopic (exact) mass is 497 g/mol. The summed E-state index contributed by atoms with van der Waals surface area (Å²) in [7, 11) is 0. The average molecular weight is 498 g/mol. The van der Waals surface area contributed by atoms with E-state index in [0.29, 0.717) is 25.6 Å². The molecule has 1 unspecified atom stereocenters. The number of hydrogen-bond acceptors (Lipinski definition) is 6. The Kier molecular flexibility index (Phi) is 6.21. The van der Waals surface area contributed by atoms with Gasteiger partial charge in [-0.1, -0.05) is 30.3 Å². The molecule has 9 nitrogen and oxygen atoms in total. The molecule has 2 saturated heterocycles. The minimum Gasteiger partial charge on any atom is -0.372 e. The number of nitrogens with one attached hydrogen (secondary N) is 1. The summed E-state index contributed by atoms with van der Waals surface area (Å²) in [6, 6.07) is 14.9. The molecule has 5 heterocycles. The maximum absolute atomic E-state index is 11.8. The number of piperazine rings is 1. The molecule has 0 radical (unpaired) electrons. The molecule has 2 amide bonds. The molecule has 2 fully saturated rings. The topological polar surface area (TPSA) is 88.4 Å². The lowest BCUT2D eigenvalue weighted by Crippen LogP contribution is -2.52. The van der Waals surface area contributed by atoms with Gasteiger partial charge < -0.3 is 24.4 Å². The summed E-state index contributed by atoms with van der Waals surface area (Å²) in [4.78, 5) is 29.7. The van der Waals surface area contributed by atoms with Crippen LogP contribution in [0.15, 0.2) is 54.9 Å². The number of urea groups is 1. The van der Waals surface area contributed by atoms with E-state index in [1.165, 1.54) is 11.1 Å². The van der Waals surface area contributed by atoms with E-state index in [2.05, 4.69) is 80.0 Å². The minimum atomic E-state index is 0.0370. The number of hydrogen-bond donors (Lipinski definition) is 1. The van der Waals surface area contributed by atoms with Crippen molar-refractivity contribution >= 4 is 23.0 Å². The van der Waals surface area contributed by atoms with Crippen LogP contribution in [0.25, 0.3) is 22.2 Å². The zero-order valence-electron chi connectivity index (χ0n) is 21.2. The third-order valence-electron chi connectivity index (χ3n) is 7.43. The molecule has 190 valence electrons. The number of carbonyl (C=O) groups excluding carboxylic acids is 1. The van der Waals surface area contributed by atoms with Crippen molar-refractivity contribution in [3.63, 3.8) is 0 Å². The molecule has 7 rings (SSSR count). The van der Waals surface area contributed by atoms with E-state index in [9.17, 15) is 4.79 Å². The molecule has 9 heteroatoms. The number of rotatable bonds is 2. The van der Waals surface area contributed by atoms with Gasteiger partial charge in [-0.2, -0.15) is 0 Å². The van der Waals surface area contributed by atoms with Crippen LogP contribution in [0.5, 0.6) is 0 Å². The highest BCUT2D eigenvalue weighted by atomic mass is 16.5. The molecule has 1 N–H and O–H groups in total. The van der Waals surface area contributed by atoms with Crippen LogP contribution in [0.1, 0.15) is 17.0 Å². The van der Waals surface area contributed by atoms with Crippen molar-refractivity contribution in [2.45, 2.75) is 33.0 Å².